The first-order valence-electron chi connectivity index (χ1n) is 9.35. The van der Waals surface area contributed by atoms with Crippen LogP contribution in [0.5, 0.6) is 0 Å². The molecule has 31 heavy (non-hydrogen) atoms. The molecule has 0 spiro atoms. The van der Waals surface area contributed by atoms with E-state index in [9.17, 15) is 17.2 Å². The van der Waals surface area contributed by atoms with E-state index in [0.717, 1.165) is 37.4 Å². The Hall–Kier alpha value is -2.47. The molecule has 2 heterocycles. The van der Waals surface area contributed by atoms with Crippen LogP contribution in [0.3, 0.4) is 0 Å². The van der Waals surface area contributed by atoms with Crippen molar-refractivity contribution in [3.05, 3.63) is 53.2 Å². The van der Waals surface area contributed by atoms with Crippen molar-refractivity contribution in [3.63, 3.8) is 0 Å². The molecule has 0 saturated carbocycles. The number of rotatable bonds is 4. The van der Waals surface area contributed by atoms with Gasteiger partial charge in [-0.3, -0.25) is 0 Å². The highest BCUT2D eigenvalue weighted by Crippen LogP contribution is 2.36. The summed E-state index contributed by atoms with van der Waals surface area (Å²) in [4.78, 5) is 7.81. The van der Waals surface area contributed by atoms with Crippen LogP contribution in [0, 0.1) is 17.5 Å². The van der Waals surface area contributed by atoms with E-state index >= 15 is 4.39 Å². The van der Waals surface area contributed by atoms with E-state index in [1.54, 1.807) is 5.38 Å². The van der Waals surface area contributed by atoms with Crippen LogP contribution in [0.4, 0.5) is 18.3 Å². The topological polar surface area (TPSA) is 79.5 Å². The average Bonchev–Trinajstić information content (AvgIpc) is 3.19. The Bertz CT molecular complexity index is 1240. The predicted octanol–water partition coefficient (Wildman–Crippen LogP) is 3.29. The van der Waals surface area contributed by atoms with Gasteiger partial charge in [0, 0.05) is 48.2 Å². The first-order valence-corrected chi connectivity index (χ1v) is 11.8. The van der Waals surface area contributed by atoms with Gasteiger partial charge >= 0.3 is 0 Å². The van der Waals surface area contributed by atoms with Gasteiger partial charge in [0.05, 0.1) is 5.69 Å². The zero-order valence-corrected chi connectivity index (χ0v) is 18.1. The van der Waals surface area contributed by atoms with Gasteiger partial charge in [0.2, 0.25) is 10.0 Å². The van der Waals surface area contributed by atoms with E-state index < -0.39 is 37.9 Å². The summed E-state index contributed by atoms with van der Waals surface area (Å²) in [7, 11) is -2.49. The lowest BCUT2D eigenvalue weighted by molar-refractivity contribution is 0.313. The van der Waals surface area contributed by atoms with E-state index in [-0.39, 0.29) is 11.1 Å². The SMILES string of the molecule is CN1CCN(c2nc(-c3cccc(-c4cc(F)cc(S(N)(=O)=O)c4F)c3F)cs2)CC1. The van der Waals surface area contributed by atoms with Gasteiger partial charge in [-0.25, -0.2) is 31.7 Å². The van der Waals surface area contributed by atoms with Crippen LogP contribution in [0.15, 0.2) is 40.6 Å². The van der Waals surface area contributed by atoms with Crippen LogP contribution < -0.4 is 10.0 Å². The van der Waals surface area contributed by atoms with Crippen molar-refractivity contribution >= 4 is 26.5 Å². The summed E-state index contributed by atoms with van der Waals surface area (Å²) in [5.74, 6) is -3.19. The minimum atomic E-state index is -4.53. The number of benzene rings is 2. The highest BCUT2D eigenvalue weighted by Gasteiger charge is 2.24. The molecule has 11 heteroatoms. The zero-order chi connectivity index (χ0) is 22.3. The third kappa shape index (κ3) is 4.31. The van der Waals surface area contributed by atoms with Crippen molar-refractivity contribution in [2.24, 2.45) is 5.14 Å². The number of piperazine rings is 1. The Morgan fingerprint density at radius 3 is 2.35 bits per heavy atom. The molecule has 0 radical (unpaired) electrons. The number of sulfonamides is 1. The summed E-state index contributed by atoms with van der Waals surface area (Å²) >= 11 is 1.37. The van der Waals surface area contributed by atoms with Gasteiger partial charge in [-0.15, -0.1) is 11.3 Å². The Kier molecular flexibility index (Phi) is 5.77. The predicted molar refractivity (Wildman–Crippen MR) is 114 cm³/mol. The van der Waals surface area contributed by atoms with Crippen molar-refractivity contribution in [1.82, 2.24) is 9.88 Å². The van der Waals surface area contributed by atoms with Crippen LogP contribution in [0.1, 0.15) is 0 Å². The highest BCUT2D eigenvalue weighted by atomic mass is 32.2. The largest absolute Gasteiger partial charge is 0.346 e. The molecule has 1 aliphatic heterocycles. The molecular formula is C20H19F3N4O2S2. The Morgan fingerprint density at radius 2 is 1.68 bits per heavy atom. The van der Waals surface area contributed by atoms with Gasteiger partial charge < -0.3 is 9.80 Å². The van der Waals surface area contributed by atoms with Gasteiger partial charge in [0.25, 0.3) is 0 Å². The molecule has 1 saturated heterocycles. The molecule has 6 nitrogen and oxygen atoms in total. The molecule has 0 aliphatic carbocycles. The molecule has 0 atom stereocenters. The second kappa shape index (κ2) is 8.23. The molecule has 0 amide bonds. The van der Waals surface area contributed by atoms with Gasteiger partial charge in [-0.05, 0) is 25.2 Å². The lowest BCUT2D eigenvalue weighted by Crippen LogP contribution is -2.44. The first kappa shape index (κ1) is 21.8. The Morgan fingerprint density at radius 1 is 1.00 bits per heavy atom. The van der Waals surface area contributed by atoms with E-state index in [2.05, 4.69) is 14.8 Å². The lowest BCUT2D eigenvalue weighted by atomic mass is 10.0. The number of halogens is 3. The van der Waals surface area contributed by atoms with Crippen LogP contribution in [0.25, 0.3) is 22.4 Å². The van der Waals surface area contributed by atoms with Crippen molar-refractivity contribution < 1.29 is 21.6 Å². The van der Waals surface area contributed by atoms with Gasteiger partial charge in [0.15, 0.2) is 10.9 Å². The van der Waals surface area contributed by atoms with Crippen molar-refractivity contribution in [1.29, 1.82) is 0 Å². The van der Waals surface area contributed by atoms with E-state index in [0.29, 0.717) is 11.8 Å². The molecule has 3 aromatic rings. The maximum Gasteiger partial charge on any atom is 0.241 e. The van der Waals surface area contributed by atoms with Gasteiger partial charge in [-0.1, -0.05) is 12.1 Å². The van der Waals surface area contributed by atoms with E-state index in [4.69, 9.17) is 5.14 Å². The molecule has 0 bridgehead atoms. The Labute approximate surface area is 181 Å². The third-order valence-electron chi connectivity index (χ3n) is 5.14. The minimum Gasteiger partial charge on any atom is -0.346 e. The summed E-state index contributed by atoms with van der Waals surface area (Å²) < 4.78 is 67.4. The van der Waals surface area contributed by atoms with Crippen LogP contribution in [0.2, 0.25) is 0 Å². The number of anilines is 1. The monoisotopic (exact) mass is 468 g/mol. The number of likely N-dealkylation sites (N-methyl/N-ethyl adjacent to an activating group) is 1. The standard InChI is InChI=1S/C20H19F3N4O2S2/c1-26-5-7-27(8-6-26)20-25-16(11-30-20)14-4-2-3-13(18(14)22)15-9-12(21)10-17(19(15)23)31(24,28)29/h2-4,9-11H,5-8H2,1H3,(H2,24,28,29). The minimum absolute atomic E-state index is 0.106. The molecule has 1 aliphatic rings. The van der Waals surface area contributed by atoms with Gasteiger partial charge in [0.1, 0.15) is 16.5 Å². The smallest absolute Gasteiger partial charge is 0.241 e. The first-order chi connectivity index (χ1) is 14.6. The summed E-state index contributed by atoms with van der Waals surface area (Å²) in [6.07, 6.45) is 0. The normalized spacial score (nSPS) is 15.5. The van der Waals surface area contributed by atoms with Crippen molar-refractivity contribution in [2.75, 3.05) is 38.1 Å². The van der Waals surface area contributed by atoms with Crippen LogP contribution in [-0.2, 0) is 10.0 Å². The molecular weight excluding hydrogens is 449 g/mol. The fourth-order valence-electron chi connectivity index (χ4n) is 3.44. The van der Waals surface area contributed by atoms with Gasteiger partial charge in [-0.2, -0.15) is 0 Å². The van der Waals surface area contributed by atoms with Crippen molar-refractivity contribution in [2.45, 2.75) is 4.90 Å². The number of nitrogens with two attached hydrogens (primary N) is 1. The quantitative estimate of drug-likeness (QED) is 0.636. The number of hydrogen-bond donors (Lipinski definition) is 1. The summed E-state index contributed by atoms with van der Waals surface area (Å²) in [6.45, 7) is 3.39. The second-order valence-corrected chi connectivity index (χ2v) is 9.65. The average molecular weight is 469 g/mol. The maximum absolute atomic E-state index is 15.4. The molecule has 164 valence electrons. The summed E-state index contributed by atoms with van der Waals surface area (Å²) in [5, 5.41) is 7.42. The fourth-order valence-corrected chi connectivity index (χ4v) is 4.95. The molecule has 0 unspecified atom stereocenters. The van der Waals surface area contributed by atoms with Crippen LogP contribution in [-0.4, -0.2) is 51.5 Å². The zero-order valence-electron chi connectivity index (χ0n) is 16.5. The number of nitrogens with zero attached hydrogens (tertiary/aromatic N) is 3. The third-order valence-corrected chi connectivity index (χ3v) is 6.95. The van der Waals surface area contributed by atoms with E-state index in [1.165, 1.54) is 29.5 Å². The maximum atomic E-state index is 15.4. The molecule has 2 aromatic carbocycles. The number of primary sulfonamides is 1. The summed E-state index contributed by atoms with van der Waals surface area (Å²) in [6, 6.07) is 5.42. The van der Waals surface area contributed by atoms with Crippen molar-refractivity contribution in [3.8, 4) is 22.4 Å². The number of thiazole rings is 1. The number of aromatic nitrogens is 1. The molecule has 4 rings (SSSR count). The molecule has 1 aromatic heterocycles. The Balaban J connectivity index is 1.75. The second-order valence-electron chi connectivity index (χ2n) is 7.28. The fraction of sp³-hybridized carbons (Fsp3) is 0.250. The summed E-state index contributed by atoms with van der Waals surface area (Å²) in [5.41, 5.74) is -0.344. The number of hydrogen-bond acceptors (Lipinski definition) is 6. The molecule has 1 fully saturated rings. The lowest BCUT2D eigenvalue weighted by Gasteiger charge is -2.32. The van der Waals surface area contributed by atoms with E-state index in [1.807, 2.05) is 7.05 Å². The molecule has 2 N–H and O–H groups in total. The highest BCUT2D eigenvalue weighted by molar-refractivity contribution is 7.89. The van der Waals surface area contributed by atoms with Crippen LogP contribution >= 0.6 is 11.3 Å².